The first-order chi connectivity index (χ1) is 21.1. The number of carbonyl (C=O) groups excluding carboxylic acids is 2. The van der Waals surface area contributed by atoms with Crippen LogP contribution in [0.25, 0.3) is 0 Å². The Morgan fingerprint density at radius 1 is 0.800 bits per heavy atom. The van der Waals surface area contributed by atoms with Gasteiger partial charge in [0.05, 0.1) is 48.6 Å². The fourth-order valence-electron chi connectivity index (χ4n) is 4.48. The molecule has 0 aliphatic carbocycles. The lowest BCUT2D eigenvalue weighted by molar-refractivity contribution is 0.0591. The fourth-order valence-corrected chi connectivity index (χ4v) is 4.98. The number of esters is 2. The second kappa shape index (κ2) is 14.6. The molecule has 3 aromatic carbocycles. The van der Waals surface area contributed by atoms with Gasteiger partial charge in [-0.15, -0.1) is 0 Å². The van der Waals surface area contributed by atoms with Crippen LogP contribution >= 0.6 is 15.9 Å². The molecule has 0 amide bonds. The summed E-state index contributed by atoms with van der Waals surface area (Å²) in [6.07, 6.45) is 0. The third kappa shape index (κ3) is 8.88. The number of ether oxygens (including phenoxy) is 5. The lowest BCUT2D eigenvalue weighted by Gasteiger charge is -2.15. The molecule has 5 rings (SSSR count). The summed E-state index contributed by atoms with van der Waals surface area (Å²) in [5.74, 6) is 0.784. The zero-order valence-corrected chi connectivity index (χ0v) is 28.2. The van der Waals surface area contributed by atoms with Crippen LogP contribution in [-0.4, -0.2) is 57.1 Å². The number of rotatable bonds is 6. The average molecular weight is 684 g/mol. The molecule has 0 bridgehead atoms. The van der Waals surface area contributed by atoms with E-state index in [1.54, 1.807) is 42.5 Å². The number of hydrogen-bond donors (Lipinski definition) is 1. The minimum atomic E-state index is -0.893. The van der Waals surface area contributed by atoms with E-state index >= 15 is 0 Å². The molecule has 0 radical (unpaired) electrons. The van der Waals surface area contributed by atoms with E-state index in [1.165, 1.54) is 14.2 Å². The van der Waals surface area contributed by atoms with Gasteiger partial charge in [0.1, 0.15) is 23.9 Å². The molecule has 10 heteroatoms. The smallest absolute Gasteiger partial charge is 0.337 e. The molecule has 0 atom stereocenters. The molecule has 45 heavy (non-hydrogen) atoms. The summed E-state index contributed by atoms with van der Waals surface area (Å²) in [6.45, 7) is 15.6. The molecule has 1 N–H and O–H groups in total. The summed E-state index contributed by atoms with van der Waals surface area (Å²) < 4.78 is 26.5. The van der Waals surface area contributed by atoms with Gasteiger partial charge < -0.3 is 28.8 Å². The second-order valence-corrected chi connectivity index (χ2v) is 12.8. The highest BCUT2D eigenvalue weighted by atomic mass is 79.9. The van der Waals surface area contributed by atoms with E-state index in [0.717, 1.165) is 32.7 Å². The highest BCUT2D eigenvalue weighted by Crippen LogP contribution is 2.39. The predicted molar refractivity (Wildman–Crippen MR) is 174 cm³/mol. The van der Waals surface area contributed by atoms with Crippen LogP contribution in [-0.2, 0) is 20.3 Å². The zero-order chi connectivity index (χ0) is 33.5. The Kier molecular flexibility index (Phi) is 11.4. The van der Waals surface area contributed by atoms with Crippen LogP contribution in [0.3, 0.4) is 0 Å². The van der Waals surface area contributed by atoms with Crippen LogP contribution in [0.5, 0.6) is 17.2 Å². The normalized spacial score (nSPS) is 14.4. The summed E-state index contributed by atoms with van der Waals surface area (Å²) >= 11 is 3.33. The summed E-state index contributed by atoms with van der Waals surface area (Å²) in [4.78, 5) is 33.4. The Hall–Kier alpha value is -4.31. The maximum atomic E-state index is 11.4. The van der Waals surface area contributed by atoms with Gasteiger partial charge in [0.2, 0.25) is 0 Å². The monoisotopic (exact) mass is 682 g/mol. The minimum Gasteiger partial charge on any atom is -0.492 e. The molecule has 2 aliphatic heterocycles. The number of carboxylic acids is 1. The van der Waals surface area contributed by atoms with Gasteiger partial charge in [-0.25, -0.2) is 14.4 Å². The summed E-state index contributed by atoms with van der Waals surface area (Å²) in [7, 11) is 2.74. The Morgan fingerprint density at radius 2 is 1.24 bits per heavy atom. The molecule has 0 aromatic heterocycles. The van der Waals surface area contributed by atoms with Crippen LogP contribution in [0.2, 0.25) is 0 Å². The molecule has 0 saturated heterocycles. The number of halogens is 1. The van der Waals surface area contributed by atoms with Crippen molar-refractivity contribution in [2.24, 2.45) is 0 Å². The van der Waals surface area contributed by atoms with Crippen molar-refractivity contribution < 1.29 is 43.2 Å². The summed E-state index contributed by atoms with van der Waals surface area (Å²) in [6, 6.07) is 15.5. The fraction of sp³-hybridized carbons (Fsp3) is 0.343. The molecule has 2 heterocycles. The van der Waals surface area contributed by atoms with E-state index in [-0.39, 0.29) is 22.8 Å². The molecular weight excluding hydrogens is 644 g/mol. The van der Waals surface area contributed by atoms with Gasteiger partial charge in [0.25, 0.3) is 0 Å². The highest BCUT2D eigenvalue weighted by molar-refractivity contribution is 9.10. The van der Waals surface area contributed by atoms with Crippen molar-refractivity contribution in [3.63, 3.8) is 0 Å². The molecule has 0 unspecified atom stereocenters. The van der Waals surface area contributed by atoms with Crippen molar-refractivity contribution in [1.82, 2.24) is 0 Å². The molecule has 240 valence electrons. The van der Waals surface area contributed by atoms with Gasteiger partial charge in [0, 0.05) is 22.0 Å². The van der Waals surface area contributed by atoms with Crippen molar-refractivity contribution in [3.8, 4) is 17.2 Å². The predicted octanol–water partition coefficient (Wildman–Crippen LogP) is 7.39. The summed E-state index contributed by atoms with van der Waals surface area (Å²) in [5, 5.41) is 8.85. The average Bonchev–Trinajstić information content (AvgIpc) is 3.49. The maximum Gasteiger partial charge on any atom is 0.337 e. The standard InChI is InChI=1S/C12H13BrO3.C12H14O3.C11H12O3/c1-8(2)7-16-11-5-4-9(6-10(11)13)12(14)15-3;1-12(2)7-15-10-5-4-8(6-9(10)12)11(13)14-3;1-11(2)6-14-9-4-3-7(10(12)13)5-8(9)11/h4-6H,1,7H2,2-3H3;4-6H,7H2,1-3H3;3-5H,6H2,1-2H3,(H,12,13). The van der Waals surface area contributed by atoms with Crippen LogP contribution in [0, 0.1) is 0 Å². The minimum absolute atomic E-state index is 0.0284. The molecule has 0 fully saturated rings. The largest absolute Gasteiger partial charge is 0.492 e. The van der Waals surface area contributed by atoms with Crippen molar-refractivity contribution in [1.29, 1.82) is 0 Å². The Morgan fingerprint density at radius 3 is 1.69 bits per heavy atom. The molecule has 0 saturated carbocycles. The lowest BCUT2D eigenvalue weighted by Crippen LogP contribution is -2.18. The van der Waals surface area contributed by atoms with E-state index in [2.05, 4.69) is 45.8 Å². The highest BCUT2D eigenvalue weighted by Gasteiger charge is 2.33. The number of carbonyl (C=O) groups is 3. The number of carboxylic acid groups (broad SMARTS) is 1. The maximum absolute atomic E-state index is 11.4. The van der Waals surface area contributed by atoms with Gasteiger partial charge in [-0.05, 0) is 83.0 Å². The summed E-state index contributed by atoms with van der Waals surface area (Å²) in [5.41, 5.74) is 4.26. The quantitative estimate of drug-likeness (QED) is 0.210. The number of benzene rings is 3. The van der Waals surface area contributed by atoms with Gasteiger partial charge >= 0.3 is 17.9 Å². The Labute approximate surface area is 272 Å². The first-order valence-electron chi connectivity index (χ1n) is 14.1. The van der Waals surface area contributed by atoms with Crippen LogP contribution < -0.4 is 14.2 Å². The van der Waals surface area contributed by atoms with Gasteiger partial charge in [-0.3, -0.25) is 0 Å². The number of hydrogen-bond acceptors (Lipinski definition) is 8. The van der Waals surface area contributed by atoms with Crippen LogP contribution in [0.1, 0.15) is 76.8 Å². The third-order valence-electron chi connectivity index (χ3n) is 7.09. The van der Waals surface area contributed by atoms with Gasteiger partial charge in [-0.2, -0.15) is 0 Å². The topological polar surface area (TPSA) is 118 Å². The van der Waals surface area contributed by atoms with Crippen LogP contribution in [0.4, 0.5) is 0 Å². The lowest BCUT2D eigenvalue weighted by atomic mass is 9.86. The van der Waals surface area contributed by atoms with Crippen molar-refractivity contribution in [3.05, 3.63) is 99.0 Å². The van der Waals surface area contributed by atoms with E-state index < -0.39 is 5.97 Å². The number of fused-ring (bicyclic) bond motifs is 2. The molecule has 3 aromatic rings. The second-order valence-electron chi connectivity index (χ2n) is 11.9. The number of aromatic carboxylic acids is 1. The third-order valence-corrected chi connectivity index (χ3v) is 7.71. The van der Waals surface area contributed by atoms with Crippen molar-refractivity contribution in [2.75, 3.05) is 34.0 Å². The van der Waals surface area contributed by atoms with E-state index in [9.17, 15) is 14.4 Å². The van der Waals surface area contributed by atoms with Gasteiger partial charge in [0.15, 0.2) is 0 Å². The van der Waals surface area contributed by atoms with E-state index in [1.807, 2.05) is 32.9 Å². The molecule has 0 spiro atoms. The number of methoxy groups -OCH3 is 2. The van der Waals surface area contributed by atoms with Gasteiger partial charge in [-0.1, -0.05) is 34.3 Å². The molecule has 9 nitrogen and oxygen atoms in total. The van der Waals surface area contributed by atoms with E-state index in [0.29, 0.717) is 42.3 Å². The SMILES string of the molecule is C=C(C)COc1ccc(C(=O)OC)cc1Br.CC1(C)COc2ccc(C(=O)O)cc21.COC(=O)c1ccc2c(c1)C(C)(C)CO2. The Balaban J connectivity index is 0.000000184. The zero-order valence-electron chi connectivity index (χ0n) is 26.6. The molecular formula is C35H39BrO9. The van der Waals surface area contributed by atoms with Crippen molar-refractivity contribution >= 4 is 33.8 Å². The van der Waals surface area contributed by atoms with Crippen LogP contribution in [0.15, 0.2) is 71.2 Å². The first-order valence-corrected chi connectivity index (χ1v) is 14.9. The Bertz CT molecular complexity index is 1590. The van der Waals surface area contributed by atoms with Crippen molar-refractivity contribution in [2.45, 2.75) is 45.4 Å². The first kappa shape index (κ1) is 35.2. The molecule has 2 aliphatic rings. The van der Waals surface area contributed by atoms with E-state index in [4.69, 9.17) is 19.3 Å².